The lowest BCUT2D eigenvalue weighted by atomic mass is 10.0. The molecule has 5 atom stereocenters. The highest BCUT2D eigenvalue weighted by molar-refractivity contribution is 7.47. The summed E-state index contributed by atoms with van der Waals surface area (Å²) in [5.74, 6) is -1.62. The molecule has 0 bridgehead atoms. The predicted octanol–water partition coefficient (Wildman–Crippen LogP) is 24.2. The minimum absolute atomic E-state index is 0.0764. The number of hydrogen-bond donors (Lipinski definition) is 4. The van der Waals surface area contributed by atoms with Gasteiger partial charge in [-0.05, 0) is 148 Å². The average Bonchev–Trinajstić information content (AvgIpc) is 1.01. The minimum atomic E-state index is -4.95. The molecule has 0 spiro atoms. The van der Waals surface area contributed by atoms with Crippen molar-refractivity contribution < 1.29 is 75.8 Å². The molecule has 0 aliphatic heterocycles. The Hall–Kier alpha value is -4.83. The highest BCUT2D eigenvalue weighted by Gasteiger charge is 2.29. The number of carbonyl (C=O) groups is 3. The second-order valence-electron chi connectivity index (χ2n) is 26.8. The fourth-order valence-corrected chi connectivity index (χ4v) is 12.2. The molecule has 600 valence electrons. The van der Waals surface area contributed by atoms with Gasteiger partial charge in [0.1, 0.15) is 25.4 Å². The van der Waals surface area contributed by atoms with E-state index < -0.39 is 91.5 Å². The molecule has 18 heteroatoms. The van der Waals surface area contributed by atoms with Crippen LogP contribution < -0.4 is 0 Å². The summed E-state index contributed by atoms with van der Waals surface area (Å²) in [6.45, 7) is 2.39. The maximum atomic E-state index is 13.0. The van der Waals surface area contributed by atoms with Crippen molar-refractivity contribution >= 4 is 33.6 Å². The van der Waals surface area contributed by atoms with Crippen LogP contribution in [0.2, 0.25) is 0 Å². The molecular weight excluding hydrogens is 1360 g/mol. The van der Waals surface area contributed by atoms with Crippen LogP contribution in [-0.2, 0) is 55.8 Å². The standard InChI is InChI=1S/C87H146O16P2/c1-4-7-10-13-16-19-22-25-28-30-32-34-36-38-39-40-41-43-45-46-48-50-53-55-58-61-64-67-70-73-85(90)97-76-82(88)77-99-104(93,94)100-78-83(89)79-101-105(95,96)102-81-84(103-87(92)75-72-69-66-63-60-57-52-27-24-21-18-15-12-9-6-3)80-98-86(91)74-71-68-65-62-59-56-54-51-49-47-44-42-37-35-33-31-29-26-23-20-17-14-11-8-5-2/h8-9,11-12,16-21,25-29,32-35,38-39,42,44,49,51-52,82-84,88-89H,4-7,10,13-15,22-24,30-31,36-37,40-41,43,45-48,50,53-81H2,1-3H3,(H,93,94)(H,95,96)/b11-8-,12-9-,19-16-,20-17-,21-18-,28-25-,29-26-,34-32-,35-33-,39-38-,44-42-,51-49-,52-27-. The van der Waals surface area contributed by atoms with Crippen molar-refractivity contribution in [3.8, 4) is 0 Å². The number of aliphatic hydroxyl groups excluding tert-OH is 2. The number of phosphoric ester groups is 2. The summed E-state index contributed by atoms with van der Waals surface area (Å²) < 4.78 is 61.2. The van der Waals surface area contributed by atoms with E-state index in [1.807, 2.05) is 0 Å². The Labute approximate surface area is 638 Å². The van der Waals surface area contributed by atoms with E-state index in [0.29, 0.717) is 19.3 Å². The van der Waals surface area contributed by atoms with Gasteiger partial charge in [0, 0.05) is 19.3 Å². The normalized spacial score (nSPS) is 14.8. The molecule has 105 heavy (non-hydrogen) atoms. The minimum Gasteiger partial charge on any atom is -0.463 e. The largest absolute Gasteiger partial charge is 0.472 e. The van der Waals surface area contributed by atoms with Crippen LogP contribution >= 0.6 is 15.6 Å². The zero-order valence-corrected chi connectivity index (χ0v) is 67.4. The van der Waals surface area contributed by atoms with Gasteiger partial charge in [-0.15, -0.1) is 0 Å². The summed E-state index contributed by atoms with van der Waals surface area (Å²) in [5.41, 5.74) is 0. The van der Waals surface area contributed by atoms with Gasteiger partial charge in [-0.3, -0.25) is 32.5 Å². The molecule has 5 unspecified atom stereocenters. The molecule has 0 fully saturated rings. The van der Waals surface area contributed by atoms with Crippen LogP contribution in [0.5, 0.6) is 0 Å². The van der Waals surface area contributed by atoms with E-state index in [0.717, 1.165) is 173 Å². The molecule has 4 N–H and O–H groups in total. The van der Waals surface area contributed by atoms with Gasteiger partial charge in [0.25, 0.3) is 0 Å². The van der Waals surface area contributed by atoms with E-state index in [1.54, 1.807) is 0 Å². The molecule has 0 aromatic carbocycles. The molecule has 0 amide bonds. The number of ether oxygens (including phenoxy) is 3. The van der Waals surface area contributed by atoms with E-state index >= 15 is 0 Å². The van der Waals surface area contributed by atoms with Crippen LogP contribution in [0.15, 0.2) is 158 Å². The van der Waals surface area contributed by atoms with Crippen molar-refractivity contribution in [1.82, 2.24) is 0 Å². The van der Waals surface area contributed by atoms with Crippen molar-refractivity contribution in [2.24, 2.45) is 0 Å². The summed E-state index contributed by atoms with van der Waals surface area (Å²) in [4.78, 5) is 58.7. The summed E-state index contributed by atoms with van der Waals surface area (Å²) >= 11 is 0. The molecule has 16 nitrogen and oxygen atoms in total. The number of unbranched alkanes of at least 4 members (excludes halogenated alkanes) is 27. The number of esters is 3. The lowest BCUT2D eigenvalue weighted by molar-refractivity contribution is -0.161. The van der Waals surface area contributed by atoms with E-state index in [9.17, 15) is 43.5 Å². The summed E-state index contributed by atoms with van der Waals surface area (Å²) in [6.07, 6.45) is 98.6. The van der Waals surface area contributed by atoms with Crippen LogP contribution in [-0.4, -0.2) is 95.9 Å². The Balaban J connectivity index is 4.57. The molecule has 0 saturated heterocycles. The second kappa shape index (κ2) is 78.7. The molecule has 0 rings (SSSR count). The SMILES string of the molecule is CC/C=C\C/C=C\C/C=C\C/C=C\C/C=C\C/C=C\CCCCCCCCC(=O)OCC(COP(=O)(O)OCC(O)COP(=O)(O)OCC(O)COC(=O)CCCCCCCCCCCCCCC/C=C\C/C=C\C/C=C\C/C=C\CCCCC)OC(=O)CCCCCCC/C=C\C/C=C\C/C=C\CC. The van der Waals surface area contributed by atoms with E-state index in [1.165, 1.54) is 83.5 Å². The van der Waals surface area contributed by atoms with Crippen molar-refractivity contribution in [3.63, 3.8) is 0 Å². The lowest BCUT2D eigenvalue weighted by Gasteiger charge is -2.21. The number of rotatable bonds is 76. The Bertz CT molecular complexity index is 2540. The van der Waals surface area contributed by atoms with Crippen LogP contribution in [0.3, 0.4) is 0 Å². The molecule has 0 heterocycles. The number of phosphoric acid groups is 2. The van der Waals surface area contributed by atoms with Crippen molar-refractivity contribution in [1.29, 1.82) is 0 Å². The van der Waals surface area contributed by atoms with Gasteiger partial charge in [-0.1, -0.05) is 307 Å². The quantitative estimate of drug-likeness (QED) is 0.0146. The Morgan fingerprint density at radius 3 is 0.800 bits per heavy atom. The highest BCUT2D eigenvalue weighted by Crippen LogP contribution is 2.45. The fourth-order valence-electron chi connectivity index (χ4n) is 10.6. The highest BCUT2D eigenvalue weighted by atomic mass is 31.2. The fraction of sp³-hybridized carbons (Fsp3) is 0.667. The van der Waals surface area contributed by atoms with Gasteiger partial charge in [-0.2, -0.15) is 0 Å². The van der Waals surface area contributed by atoms with Crippen LogP contribution in [0.1, 0.15) is 316 Å². The first-order valence-corrected chi connectivity index (χ1v) is 43.8. The topological polar surface area (TPSA) is 231 Å². The first kappa shape index (κ1) is 100. The molecule has 0 aliphatic carbocycles. The van der Waals surface area contributed by atoms with Gasteiger partial charge in [0.15, 0.2) is 6.10 Å². The first-order chi connectivity index (χ1) is 51.2. The Morgan fingerprint density at radius 1 is 0.276 bits per heavy atom. The second-order valence-corrected chi connectivity index (χ2v) is 29.7. The number of allylic oxidation sites excluding steroid dienone is 26. The zero-order chi connectivity index (χ0) is 76.6. The van der Waals surface area contributed by atoms with Crippen molar-refractivity contribution in [3.05, 3.63) is 158 Å². The molecule has 0 aromatic rings. The third-order valence-electron chi connectivity index (χ3n) is 16.7. The van der Waals surface area contributed by atoms with Crippen LogP contribution in [0.25, 0.3) is 0 Å². The van der Waals surface area contributed by atoms with Crippen LogP contribution in [0.4, 0.5) is 0 Å². The Kier molecular flexibility index (Phi) is 75.1. The third kappa shape index (κ3) is 80.0. The third-order valence-corrected chi connectivity index (χ3v) is 18.6. The first-order valence-electron chi connectivity index (χ1n) is 40.8. The lowest BCUT2D eigenvalue weighted by Crippen LogP contribution is -2.30. The summed E-state index contributed by atoms with van der Waals surface area (Å²) in [6, 6.07) is 0. The molecule has 0 saturated carbocycles. The smallest absolute Gasteiger partial charge is 0.463 e. The molecule has 0 aromatic heterocycles. The summed E-state index contributed by atoms with van der Waals surface area (Å²) in [5, 5.41) is 20.7. The Morgan fingerprint density at radius 2 is 0.505 bits per heavy atom. The van der Waals surface area contributed by atoms with Gasteiger partial charge < -0.3 is 34.2 Å². The summed E-state index contributed by atoms with van der Waals surface area (Å²) in [7, 11) is -9.81. The maximum absolute atomic E-state index is 13.0. The average molecular weight is 1510 g/mol. The van der Waals surface area contributed by atoms with Gasteiger partial charge in [-0.25, -0.2) is 9.13 Å². The van der Waals surface area contributed by atoms with E-state index in [-0.39, 0.29) is 19.3 Å². The van der Waals surface area contributed by atoms with E-state index in [2.05, 4.69) is 179 Å². The van der Waals surface area contributed by atoms with Gasteiger partial charge >= 0.3 is 33.6 Å². The van der Waals surface area contributed by atoms with Crippen molar-refractivity contribution in [2.75, 3.05) is 39.6 Å². The maximum Gasteiger partial charge on any atom is 0.472 e. The zero-order valence-electron chi connectivity index (χ0n) is 65.6. The number of carbonyl (C=O) groups excluding carboxylic acids is 3. The van der Waals surface area contributed by atoms with E-state index in [4.69, 9.17) is 32.3 Å². The number of aliphatic hydroxyl groups is 2. The molecule has 0 aliphatic rings. The van der Waals surface area contributed by atoms with Crippen molar-refractivity contribution in [2.45, 2.75) is 334 Å². The molecule has 0 radical (unpaired) electrons. The monoisotopic (exact) mass is 1510 g/mol. The number of hydrogen-bond acceptors (Lipinski definition) is 14. The van der Waals surface area contributed by atoms with Crippen LogP contribution in [0, 0.1) is 0 Å². The molecular formula is C87H146O16P2. The van der Waals surface area contributed by atoms with Gasteiger partial charge in [0.2, 0.25) is 0 Å². The predicted molar refractivity (Wildman–Crippen MR) is 435 cm³/mol. The van der Waals surface area contributed by atoms with Gasteiger partial charge in [0.05, 0.1) is 26.4 Å².